The molecule has 4 atom stereocenters. The molecule has 2 aliphatic rings. The highest BCUT2D eigenvalue weighted by Gasteiger charge is 2.43. The van der Waals surface area contributed by atoms with Gasteiger partial charge in [0, 0.05) is 43.7 Å². The molecule has 1 aromatic carbocycles. The van der Waals surface area contributed by atoms with Crippen molar-refractivity contribution >= 4 is 23.5 Å². The molecule has 1 saturated heterocycles. The molecule has 0 spiro atoms. The minimum absolute atomic E-state index is 0.0405. The number of alkyl halides is 3. The number of carbonyl (C=O) groups is 3. The molecule has 9 nitrogen and oxygen atoms in total. The van der Waals surface area contributed by atoms with Gasteiger partial charge in [-0.15, -0.1) is 0 Å². The van der Waals surface area contributed by atoms with Crippen LogP contribution in [0.25, 0.3) is 0 Å². The van der Waals surface area contributed by atoms with Gasteiger partial charge in [-0.1, -0.05) is 0 Å². The molecule has 1 aliphatic carbocycles. The van der Waals surface area contributed by atoms with Gasteiger partial charge in [0.05, 0.1) is 23.4 Å². The van der Waals surface area contributed by atoms with Crippen molar-refractivity contribution in [2.24, 2.45) is 5.92 Å². The van der Waals surface area contributed by atoms with Gasteiger partial charge >= 0.3 is 12.2 Å². The van der Waals surface area contributed by atoms with Gasteiger partial charge in [-0.25, -0.2) is 4.79 Å². The Bertz CT molecular complexity index is 1050. The number of carbonyl (C=O) groups excluding carboxylic acids is 3. The lowest BCUT2D eigenvalue weighted by molar-refractivity contribution is -0.137. The molecular weight excluding hydrogens is 527 g/mol. The maximum atomic E-state index is 13.5. The molecule has 1 aliphatic heterocycles. The number of urea groups is 1. The Labute approximate surface area is 234 Å². The van der Waals surface area contributed by atoms with E-state index in [0.29, 0.717) is 50.9 Å². The number of anilines is 1. The maximum absolute atomic E-state index is 13.5. The summed E-state index contributed by atoms with van der Waals surface area (Å²) in [6, 6.07) is 1.74. The Morgan fingerprint density at radius 2 is 1.90 bits per heavy atom. The van der Waals surface area contributed by atoms with Crippen LogP contribution in [0.1, 0.15) is 69.3 Å². The first-order valence-corrected chi connectivity index (χ1v) is 14.0. The summed E-state index contributed by atoms with van der Waals surface area (Å²) in [5.41, 5.74) is -1.47. The van der Waals surface area contributed by atoms with Crippen LogP contribution in [0.5, 0.6) is 0 Å². The number of benzene rings is 1. The van der Waals surface area contributed by atoms with Gasteiger partial charge in [0.25, 0.3) is 5.91 Å². The molecule has 224 valence electrons. The SMILES string of the molecule is CCNC(=O)Nc1ccc(C(F)(F)F)cc1C(=O)N[C@H]1CCN([C@H]2CC[C@@H](N(C)C(C)C)C[C@H]2COCC)C1=O. The Kier molecular flexibility index (Phi) is 10.8. The predicted molar refractivity (Wildman–Crippen MR) is 146 cm³/mol. The summed E-state index contributed by atoms with van der Waals surface area (Å²) in [5.74, 6) is -0.971. The molecule has 2 fully saturated rings. The summed E-state index contributed by atoms with van der Waals surface area (Å²) in [5, 5.41) is 7.54. The fraction of sp³-hybridized carbons (Fsp3) is 0.679. The average Bonchev–Trinajstić information content (AvgIpc) is 3.25. The second-order valence-corrected chi connectivity index (χ2v) is 10.8. The summed E-state index contributed by atoms with van der Waals surface area (Å²) in [4.78, 5) is 42.9. The van der Waals surface area contributed by atoms with Crippen LogP contribution >= 0.6 is 0 Å². The van der Waals surface area contributed by atoms with Crippen molar-refractivity contribution in [2.45, 2.75) is 83.7 Å². The van der Waals surface area contributed by atoms with Crippen LogP contribution in [0.4, 0.5) is 23.7 Å². The molecule has 0 aromatic heterocycles. The molecule has 0 unspecified atom stereocenters. The van der Waals surface area contributed by atoms with Gasteiger partial charge < -0.3 is 30.5 Å². The third-order valence-electron chi connectivity index (χ3n) is 7.96. The fourth-order valence-electron chi connectivity index (χ4n) is 5.62. The van der Waals surface area contributed by atoms with Crippen LogP contribution in [-0.4, -0.2) is 85.2 Å². The quantitative estimate of drug-likeness (QED) is 0.394. The Morgan fingerprint density at radius 3 is 2.52 bits per heavy atom. The summed E-state index contributed by atoms with van der Waals surface area (Å²) in [6.45, 7) is 9.77. The van der Waals surface area contributed by atoms with Gasteiger partial charge in [-0.05, 0) is 78.6 Å². The van der Waals surface area contributed by atoms with Crippen molar-refractivity contribution in [2.75, 3.05) is 38.7 Å². The first-order valence-electron chi connectivity index (χ1n) is 14.0. The summed E-state index contributed by atoms with van der Waals surface area (Å²) >= 11 is 0. The van der Waals surface area contributed by atoms with E-state index in [9.17, 15) is 27.6 Å². The topological polar surface area (TPSA) is 103 Å². The van der Waals surface area contributed by atoms with Crippen molar-refractivity contribution in [3.8, 4) is 0 Å². The second kappa shape index (κ2) is 13.7. The molecule has 0 bridgehead atoms. The fourth-order valence-corrected chi connectivity index (χ4v) is 5.62. The molecule has 40 heavy (non-hydrogen) atoms. The highest BCUT2D eigenvalue weighted by atomic mass is 19.4. The predicted octanol–water partition coefficient (Wildman–Crippen LogP) is 4.09. The number of rotatable bonds is 10. The number of hydrogen-bond acceptors (Lipinski definition) is 5. The molecule has 1 aromatic rings. The third kappa shape index (κ3) is 7.66. The molecule has 3 N–H and O–H groups in total. The highest BCUT2D eigenvalue weighted by Crippen LogP contribution is 2.35. The van der Waals surface area contributed by atoms with Gasteiger partial charge in [-0.3, -0.25) is 9.59 Å². The lowest BCUT2D eigenvalue weighted by Gasteiger charge is -2.44. The van der Waals surface area contributed by atoms with Gasteiger partial charge in [0.2, 0.25) is 5.91 Å². The van der Waals surface area contributed by atoms with E-state index >= 15 is 0 Å². The summed E-state index contributed by atoms with van der Waals surface area (Å²) < 4.78 is 46.0. The molecule has 0 radical (unpaired) electrons. The van der Waals surface area contributed by atoms with E-state index in [1.165, 1.54) is 0 Å². The van der Waals surface area contributed by atoms with E-state index in [-0.39, 0.29) is 29.1 Å². The number of halogens is 3. The van der Waals surface area contributed by atoms with E-state index < -0.39 is 29.7 Å². The lowest BCUT2D eigenvalue weighted by Crippen LogP contribution is -2.52. The molecule has 3 rings (SSSR count). The Balaban J connectivity index is 1.76. The zero-order valence-electron chi connectivity index (χ0n) is 23.9. The van der Waals surface area contributed by atoms with Gasteiger partial charge in [-0.2, -0.15) is 13.2 Å². The third-order valence-corrected chi connectivity index (χ3v) is 7.96. The number of amides is 4. The molecule has 1 saturated carbocycles. The standard InChI is InChI=1S/C28H42F3N5O4/c1-6-32-27(39)34-22-10-8-19(28(29,30)31)15-21(22)25(37)33-23-12-13-36(26(23)38)24-11-9-20(35(5)17(3)4)14-18(24)16-40-7-2/h8,10,15,17-18,20,23-24H,6-7,9,11-14,16H2,1-5H3,(H,33,37)(H2,32,34,39)/t18-,20+,23-,24-/m0/s1. The first kappa shape index (κ1) is 31.7. The van der Waals surface area contributed by atoms with Crippen molar-refractivity contribution in [3.05, 3.63) is 29.3 Å². The van der Waals surface area contributed by atoms with E-state index in [4.69, 9.17) is 4.74 Å². The van der Waals surface area contributed by atoms with Crippen LogP contribution in [0.2, 0.25) is 0 Å². The van der Waals surface area contributed by atoms with Crippen molar-refractivity contribution < 1.29 is 32.3 Å². The number of nitrogens with zero attached hydrogens (tertiary/aromatic N) is 2. The summed E-state index contributed by atoms with van der Waals surface area (Å²) in [7, 11) is 2.11. The summed E-state index contributed by atoms with van der Waals surface area (Å²) in [6.07, 6.45) is -1.71. The van der Waals surface area contributed by atoms with Crippen LogP contribution in [0, 0.1) is 5.92 Å². The smallest absolute Gasteiger partial charge is 0.381 e. The van der Waals surface area contributed by atoms with E-state index in [0.717, 1.165) is 31.4 Å². The van der Waals surface area contributed by atoms with E-state index in [1.54, 1.807) is 11.8 Å². The first-order chi connectivity index (χ1) is 18.9. The minimum atomic E-state index is -4.68. The molecule has 12 heteroatoms. The second-order valence-electron chi connectivity index (χ2n) is 10.8. The number of hydrogen-bond donors (Lipinski definition) is 3. The van der Waals surface area contributed by atoms with Crippen molar-refractivity contribution in [3.63, 3.8) is 0 Å². The van der Waals surface area contributed by atoms with Crippen LogP contribution < -0.4 is 16.0 Å². The normalized spacial score (nSPS) is 23.6. The largest absolute Gasteiger partial charge is 0.416 e. The van der Waals surface area contributed by atoms with Crippen molar-refractivity contribution in [1.82, 2.24) is 20.4 Å². The van der Waals surface area contributed by atoms with Gasteiger partial charge in [0.1, 0.15) is 6.04 Å². The van der Waals surface area contributed by atoms with Crippen molar-refractivity contribution in [1.29, 1.82) is 0 Å². The highest BCUT2D eigenvalue weighted by molar-refractivity contribution is 6.05. The molecule has 1 heterocycles. The molecular formula is C28H42F3N5O4. The average molecular weight is 570 g/mol. The minimum Gasteiger partial charge on any atom is -0.381 e. The van der Waals surface area contributed by atoms with Crippen LogP contribution in [0.15, 0.2) is 18.2 Å². The number of ether oxygens (including phenoxy) is 1. The number of nitrogens with one attached hydrogen (secondary N) is 3. The number of likely N-dealkylation sites (tertiary alicyclic amines) is 1. The van der Waals surface area contributed by atoms with Crippen LogP contribution in [-0.2, 0) is 15.7 Å². The van der Waals surface area contributed by atoms with E-state index in [2.05, 4.69) is 41.7 Å². The zero-order chi connectivity index (χ0) is 29.6. The Hall–Kier alpha value is -2.86. The zero-order valence-corrected chi connectivity index (χ0v) is 23.9. The molecule has 4 amide bonds. The lowest BCUT2D eigenvalue weighted by atomic mass is 9.80. The van der Waals surface area contributed by atoms with Gasteiger partial charge in [0.15, 0.2) is 0 Å². The Morgan fingerprint density at radius 1 is 1.18 bits per heavy atom. The monoisotopic (exact) mass is 569 g/mol. The van der Waals surface area contributed by atoms with Crippen LogP contribution in [0.3, 0.4) is 0 Å². The van der Waals surface area contributed by atoms with E-state index in [1.807, 2.05) is 6.92 Å². The maximum Gasteiger partial charge on any atom is 0.416 e.